The van der Waals surface area contributed by atoms with Crippen molar-refractivity contribution in [3.05, 3.63) is 64.7 Å². The van der Waals surface area contributed by atoms with Gasteiger partial charge in [-0.05, 0) is 87.3 Å². The number of carbonyl (C=O) groups is 1. The molecule has 7 heteroatoms. The first-order valence-corrected chi connectivity index (χ1v) is 13.5. The monoisotopic (exact) mass is 472 g/mol. The van der Waals surface area contributed by atoms with Crippen LogP contribution in [0.15, 0.2) is 47.4 Å². The van der Waals surface area contributed by atoms with Crippen LogP contribution < -0.4 is 5.32 Å². The molecule has 33 heavy (non-hydrogen) atoms. The number of likely N-dealkylation sites (tertiary alicyclic amines) is 1. The summed E-state index contributed by atoms with van der Waals surface area (Å²) in [5.74, 6) is -0.898. The van der Waals surface area contributed by atoms with Crippen LogP contribution in [0.4, 0.5) is 0 Å². The zero-order chi connectivity index (χ0) is 24.4. The van der Waals surface area contributed by atoms with Crippen molar-refractivity contribution in [2.45, 2.75) is 62.4 Å². The van der Waals surface area contributed by atoms with Crippen molar-refractivity contribution in [2.24, 2.45) is 0 Å². The average Bonchev–Trinajstić information content (AvgIpc) is 2.78. The number of rotatable bonds is 8. The molecule has 1 aliphatic rings. The number of likely N-dealkylation sites (N-methyl/N-ethyl adjacent to an activating group) is 1. The second kappa shape index (κ2) is 9.95. The van der Waals surface area contributed by atoms with Gasteiger partial charge in [-0.2, -0.15) is 0 Å². The molecule has 1 fully saturated rings. The molecule has 1 heterocycles. The van der Waals surface area contributed by atoms with Crippen molar-refractivity contribution in [3.63, 3.8) is 0 Å². The zero-order valence-electron chi connectivity index (χ0n) is 20.3. The van der Waals surface area contributed by atoms with Crippen molar-refractivity contribution < 1.29 is 18.3 Å². The Bertz CT molecular complexity index is 1100. The summed E-state index contributed by atoms with van der Waals surface area (Å²) in [4.78, 5) is 14.4. The summed E-state index contributed by atoms with van der Waals surface area (Å²) in [6.45, 7) is 8.29. The van der Waals surface area contributed by atoms with Gasteiger partial charge in [-0.15, -0.1) is 0 Å². The van der Waals surface area contributed by atoms with E-state index in [1.54, 1.807) is 18.2 Å². The highest BCUT2D eigenvalue weighted by Crippen LogP contribution is 2.40. The molecule has 0 radical (unpaired) electrons. The molecule has 1 aliphatic heterocycles. The van der Waals surface area contributed by atoms with E-state index in [0.717, 1.165) is 43.5 Å². The van der Waals surface area contributed by atoms with Gasteiger partial charge in [0, 0.05) is 23.8 Å². The minimum Gasteiger partial charge on any atom is -0.478 e. The first-order valence-electron chi connectivity index (χ1n) is 11.6. The van der Waals surface area contributed by atoms with Crippen LogP contribution >= 0.6 is 0 Å². The van der Waals surface area contributed by atoms with Gasteiger partial charge in [0.15, 0.2) is 9.84 Å². The fourth-order valence-corrected chi connectivity index (χ4v) is 5.71. The molecule has 1 saturated heterocycles. The molecule has 1 unspecified atom stereocenters. The molecule has 0 amide bonds. The molecule has 2 N–H and O–H groups in total. The van der Waals surface area contributed by atoms with Crippen LogP contribution in [0.25, 0.3) is 0 Å². The van der Waals surface area contributed by atoms with E-state index in [9.17, 15) is 18.3 Å². The number of nitrogens with one attached hydrogen (secondary N) is 1. The Morgan fingerprint density at radius 3 is 2.45 bits per heavy atom. The van der Waals surface area contributed by atoms with E-state index in [0.29, 0.717) is 10.5 Å². The van der Waals surface area contributed by atoms with Crippen molar-refractivity contribution in [1.82, 2.24) is 10.2 Å². The van der Waals surface area contributed by atoms with Gasteiger partial charge in [-0.3, -0.25) is 0 Å². The molecular formula is C26H36N2O4S. The summed E-state index contributed by atoms with van der Waals surface area (Å²) >= 11 is 0. The molecular weight excluding hydrogens is 436 g/mol. The molecule has 0 aliphatic carbocycles. The highest BCUT2D eigenvalue weighted by molar-refractivity contribution is 7.90. The van der Waals surface area contributed by atoms with E-state index < -0.39 is 15.8 Å². The molecule has 6 nitrogen and oxygen atoms in total. The lowest BCUT2D eigenvalue weighted by Crippen LogP contribution is -2.62. The number of aromatic carboxylic acids is 1. The van der Waals surface area contributed by atoms with Crippen molar-refractivity contribution in [3.8, 4) is 0 Å². The van der Waals surface area contributed by atoms with Crippen LogP contribution in [0.5, 0.6) is 0 Å². The quantitative estimate of drug-likeness (QED) is 0.611. The average molecular weight is 473 g/mol. The lowest BCUT2D eigenvalue weighted by molar-refractivity contribution is 0.0695. The predicted octanol–water partition coefficient (Wildman–Crippen LogP) is 3.53. The van der Waals surface area contributed by atoms with E-state index in [1.807, 2.05) is 24.3 Å². The molecule has 0 saturated carbocycles. The minimum atomic E-state index is -3.20. The summed E-state index contributed by atoms with van der Waals surface area (Å²) in [5, 5.41) is 13.4. The molecule has 2 aromatic rings. The van der Waals surface area contributed by atoms with Crippen LogP contribution in [0.2, 0.25) is 0 Å². The summed E-state index contributed by atoms with van der Waals surface area (Å²) in [7, 11) is -1.06. The third kappa shape index (κ3) is 5.48. The molecule has 3 rings (SSSR count). The fourth-order valence-electron chi connectivity index (χ4n) is 5.08. The number of hydrogen-bond acceptors (Lipinski definition) is 5. The van der Waals surface area contributed by atoms with E-state index in [-0.39, 0.29) is 17.5 Å². The maximum Gasteiger partial charge on any atom is 0.335 e. The highest BCUT2D eigenvalue weighted by atomic mass is 32.2. The topological polar surface area (TPSA) is 86.7 Å². The molecule has 180 valence electrons. The Labute approximate surface area is 197 Å². The van der Waals surface area contributed by atoms with Crippen LogP contribution in [0, 0.1) is 0 Å². The van der Waals surface area contributed by atoms with E-state index in [2.05, 4.69) is 38.0 Å². The second-order valence-corrected chi connectivity index (χ2v) is 11.5. The Hall–Kier alpha value is -2.22. The van der Waals surface area contributed by atoms with Gasteiger partial charge >= 0.3 is 5.97 Å². The Balaban J connectivity index is 1.85. The molecule has 0 spiro atoms. The van der Waals surface area contributed by atoms with E-state index >= 15 is 0 Å². The third-order valence-electron chi connectivity index (χ3n) is 7.33. The Kier molecular flexibility index (Phi) is 7.66. The largest absolute Gasteiger partial charge is 0.478 e. The van der Waals surface area contributed by atoms with Gasteiger partial charge in [-0.1, -0.05) is 32.0 Å². The number of nitrogens with zero attached hydrogens (tertiary/aromatic N) is 1. The van der Waals surface area contributed by atoms with Gasteiger partial charge in [0.05, 0.1) is 10.5 Å². The maximum absolute atomic E-state index is 11.7. The number of sulfone groups is 1. The van der Waals surface area contributed by atoms with Crippen LogP contribution in [0.3, 0.4) is 0 Å². The number of aryl methyl sites for hydroxylation is 1. The molecule has 3 atom stereocenters. The number of carboxylic acids is 1. The van der Waals surface area contributed by atoms with Crippen LogP contribution in [0.1, 0.15) is 54.2 Å². The van der Waals surface area contributed by atoms with E-state index in [4.69, 9.17) is 0 Å². The lowest BCUT2D eigenvalue weighted by Gasteiger charge is -2.50. The second-order valence-electron chi connectivity index (χ2n) is 9.52. The maximum atomic E-state index is 11.7. The van der Waals surface area contributed by atoms with Gasteiger partial charge in [0.25, 0.3) is 0 Å². The van der Waals surface area contributed by atoms with Crippen LogP contribution in [-0.4, -0.2) is 62.9 Å². The molecule has 0 bridgehead atoms. The summed E-state index contributed by atoms with van der Waals surface area (Å²) in [6.07, 6.45) is 3.79. The first kappa shape index (κ1) is 25.4. The number of hydrogen-bond donors (Lipinski definition) is 2. The minimum absolute atomic E-state index is 0.140. The van der Waals surface area contributed by atoms with Crippen molar-refractivity contribution in [2.75, 3.05) is 26.4 Å². The van der Waals surface area contributed by atoms with E-state index in [1.165, 1.54) is 11.8 Å². The summed E-state index contributed by atoms with van der Waals surface area (Å²) in [6, 6.07) is 13.0. The SMILES string of the molecule is CCc1ccc(C(=O)O)cc1[C@@]1(C)CCN(C)C(C)[C@H]1NCCc1ccc(S(C)(=O)=O)cc1. The third-order valence-corrected chi connectivity index (χ3v) is 8.46. The normalized spacial score (nSPS) is 24.0. The van der Waals surface area contributed by atoms with Crippen molar-refractivity contribution in [1.29, 1.82) is 0 Å². The van der Waals surface area contributed by atoms with Crippen LogP contribution in [-0.2, 0) is 28.1 Å². The number of benzene rings is 2. The predicted molar refractivity (Wildman–Crippen MR) is 132 cm³/mol. The van der Waals surface area contributed by atoms with Gasteiger partial charge < -0.3 is 15.3 Å². The standard InChI is InChI=1S/C26H36N2O4S/c1-6-20-9-10-21(25(29)30)17-23(20)26(3)14-16-28(4)18(2)24(26)27-15-13-19-7-11-22(12-8-19)33(5,31)32/h7-12,17-18,24,27H,6,13-16H2,1-5H3,(H,29,30)/t18?,24-,26-/m1/s1. The summed E-state index contributed by atoms with van der Waals surface area (Å²) < 4.78 is 23.4. The highest BCUT2D eigenvalue weighted by Gasteiger charge is 2.44. The summed E-state index contributed by atoms with van der Waals surface area (Å²) in [5.41, 5.74) is 3.53. The smallest absolute Gasteiger partial charge is 0.335 e. The van der Waals surface area contributed by atoms with Crippen molar-refractivity contribution >= 4 is 15.8 Å². The fraction of sp³-hybridized carbons (Fsp3) is 0.500. The van der Waals surface area contributed by atoms with Gasteiger partial charge in [0.2, 0.25) is 0 Å². The molecule has 2 aromatic carbocycles. The Morgan fingerprint density at radius 1 is 1.21 bits per heavy atom. The Morgan fingerprint density at radius 2 is 1.88 bits per heavy atom. The lowest BCUT2D eigenvalue weighted by atomic mass is 9.66. The van der Waals surface area contributed by atoms with Gasteiger partial charge in [0.1, 0.15) is 0 Å². The first-order chi connectivity index (χ1) is 15.5. The number of piperidine rings is 1. The molecule has 0 aromatic heterocycles. The number of carboxylic acid groups (broad SMARTS) is 1. The zero-order valence-corrected chi connectivity index (χ0v) is 21.1. The van der Waals surface area contributed by atoms with Gasteiger partial charge in [-0.25, -0.2) is 13.2 Å².